The monoisotopic (exact) mass is 327 g/mol. The summed E-state index contributed by atoms with van der Waals surface area (Å²) in [5, 5.41) is 10.8. The van der Waals surface area contributed by atoms with Crippen molar-refractivity contribution in [2.24, 2.45) is 5.10 Å². The standard InChI is InChI=1S/C17H17N3O2S/c1-11(21)18-14-7-5-13(6-8-14)15-10-16(17-4-3-9-23-17)20(19-15)12(2)22/h3-9,16H,10H2,1-2H3,(H,18,21). The van der Waals surface area contributed by atoms with Gasteiger partial charge in [0.15, 0.2) is 0 Å². The average Bonchev–Trinajstić information content (AvgIpc) is 3.16. The van der Waals surface area contributed by atoms with Crippen molar-refractivity contribution in [2.75, 3.05) is 5.32 Å². The van der Waals surface area contributed by atoms with Gasteiger partial charge < -0.3 is 5.32 Å². The van der Waals surface area contributed by atoms with E-state index in [1.165, 1.54) is 13.8 Å². The summed E-state index contributed by atoms with van der Waals surface area (Å²) < 4.78 is 0. The predicted octanol–water partition coefficient (Wildman–Crippen LogP) is 3.40. The minimum Gasteiger partial charge on any atom is -0.326 e. The van der Waals surface area contributed by atoms with E-state index in [0.29, 0.717) is 6.42 Å². The van der Waals surface area contributed by atoms with Gasteiger partial charge in [-0.2, -0.15) is 5.10 Å². The van der Waals surface area contributed by atoms with Crippen LogP contribution in [0.2, 0.25) is 0 Å². The van der Waals surface area contributed by atoms with E-state index in [-0.39, 0.29) is 17.9 Å². The highest BCUT2D eigenvalue weighted by molar-refractivity contribution is 7.10. The molecule has 6 heteroatoms. The van der Waals surface area contributed by atoms with Gasteiger partial charge in [-0.3, -0.25) is 9.59 Å². The second-order valence-electron chi connectivity index (χ2n) is 5.40. The lowest BCUT2D eigenvalue weighted by atomic mass is 10.0. The molecule has 1 unspecified atom stereocenters. The summed E-state index contributed by atoms with van der Waals surface area (Å²) in [4.78, 5) is 24.1. The van der Waals surface area contributed by atoms with Crippen LogP contribution in [0.25, 0.3) is 0 Å². The number of carbonyl (C=O) groups is 2. The zero-order chi connectivity index (χ0) is 16.4. The SMILES string of the molecule is CC(=O)Nc1ccc(C2=NN(C(C)=O)C(c3cccs3)C2)cc1. The fraction of sp³-hybridized carbons (Fsp3) is 0.235. The third-order valence-electron chi connectivity index (χ3n) is 3.64. The Balaban J connectivity index is 1.84. The van der Waals surface area contributed by atoms with Crippen molar-refractivity contribution in [3.63, 3.8) is 0 Å². The van der Waals surface area contributed by atoms with Crippen LogP contribution in [0.5, 0.6) is 0 Å². The van der Waals surface area contributed by atoms with E-state index in [0.717, 1.165) is 21.8 Å². The normalized spacial score (nSPS) is 17.0. The van der Waals surface area contributed by atoms with Crippen molar-refractivity contribution in [1.82, 2.24) is 5.01 Å². The molecule has 1 N–H and O–H groups in total. The van der Waals surface area contributed by atoms with Crippen molar-refractivity contribution < 1.29 is 9.59 Å². The van der Waals surface area contributed by atoms with Crippen molar-refractivity contribution in [2.45, 2.75) is 26.3 Å². The first-order valence-electron chi connectivity index (χ1n) is 7.33. The molecule has 0 fully saturated rings. The van der Waals surface area contributed by atoms with Crippen LogP contribution < -0.4 is 5.32 Å². The maximum Gasteiger partial charge on any atom is 0.240 e. The maximum atomic E-state index is 11.9. The molecular formula is C17H17N3O2S. The number of nitrogens with one attached hydrogen (secondary N) is 1. The lowest BCUT2D eigenvalue weighted by molar-refractivity contribution is -0.130. The smallest absolute Gasteiger partial charge is 0.240 e. The number of thiophene rings is 1. The summed E-state index contributed by atoms with van der Waals surface area (Å²) in [6.45, 7) is 3.01. The van der Waals surface area contributed by atoms with E-state index in [1.807, 2.05) is 41.8 Å². The number of rotatable bonds is 3. The van der Waals surface area contributed by atoms with Crippen molar-refractivity contribution >= 4 is 34.6 Å². The molecule has 1 aromatic carbocycles. The average molecular weight is 327 g/mol. The number of carbonyl (C=O) groups excluding carboxylic acids is 2. The molecule has 1 atom stereocenters. The number of hydrazone groups is 1. The zero-order valence-corrected chi connectivity index (χ0v) is 13.8. The predicted molar refractivity (Wildman–Crippen MR) is 91.5 cm³/mol. The summed E-state index contributed by atoms with van der Waals surface area (Å²) >= 11 is 1.63. The van der Waals surface area contributed by atoms with Gasteiger partial charge in [-0.25, -0.2) is 5.01 Å². The van der Waals surface area contributed by atoms with Gasteiger partial charge in [-0.1, -0.05) is 18.2 Å². The molecule has 0 saturated heterocycles. The molecule has 1 aliphatic rings. The molecule has 2 amide bonds. The molecule has 0 bridgehead atoms. The fourth-order valence-corrected chi connectivity index (χ4v) is 3.44. The van der Waals surface area contributed by atoms with Crippen LogP contribution in [0.3, 0.4) is 0 Å². The minimum atomic E-state index is -0.100. The summed E-state index contributed by atoms with van der Waals surface area (Å²) in [5.41, 5.74) is 2.59. The summed E-state index contributed by atoms with van der Waals surface area (Å²) in [7, 11) is 0. The molecule has 3 rings (SSSR count). The van der Waals surface area contributed by atoms with E-state index in [9.17, 15) is 9.59 Å². The fourth-order valence-electron chi connectivity index (χ4n) is 2.63. The third kappa shape index (κ3) is 3.32. The van der Waals surface area contributed by atoms with Gasteiger partial charge in [0.2, 0.25) is 11.8 Å². The van der Waals surface area contributed by atoms with Crippen molar-refractivity contribution in [3.8, 4) is 0 Å². The van der Waals surface area contributed by atoms with Crippen LogP contribution >= 0.6 is 11.3 Å². The molecule has 1 aromatic heterocycles. The molecule has 5 nitrogen and oxygen atoms in total. The lowest BCUT2D eigenvalue weighted by Gasteiger charge is -2.18. The van der Waals surface area contributed by atoms with Crippen LogP contribution in [-0.4, -0.2) is 22.5 Å². The van der Waals surface area contributed by atoms with Crippen molar-refractivity contribution in [1.29, 1.82) is 0 Å². The molecule has 23 heavy (non-hydrogen) atoms. The lowest BCUT2D eigenvalue weighted by Crippen LogP contribution is -2.23. The van der Waals surface area contributed by atoms with Crippen molar-refractivity contribution in [3.05, 3.63) is 52.2 Å². The van der Waals surface area contributed by atoms with Gasteiger partial charge in [-0.15, -0.1) is 11.3 Å². The molecule has 2 aromatic rings. The van der Waals surface area contributed by atoms with Gasteiger partial charge >= 0.3 is 0 Å². The maximum absolute atomic E-state index is 11.9. The Morgan fingerprint density at radius 1 is 1.22 bits per heavy atom. The minimum absolute atomic E-state index is 0.0301. The van der Waals surface area contributed by atoms with E-state index in [4.69, 9.17) is 0 Å². The largest absolute Gasteiger partial charge is 0.326 e. The Bertz CT molecular complexity index is 751. The van der Waals surface area contributed by atoms with E-state index < -0.39 is 0 Å². The third-order valence-corrected chi connectivity index (χ3v) is 4.62. The highest BCUT2D eigenvalue weighted by atomic mass is 32.1. The molecule has 1 aliphatic heterocycles. The first-order chi connectivity index (χ1) is 11.0. The van der Waals surface area contributed by atoms with E-state index in [1.54, 1.807) is 16.3 Å². The summed E-state index contributed by atoms with van der Waals surface area (Å²) in [6.07, 6.45) is 0.694. The number of anilines is 1. The molecule has 0 saturated carbocycles. The molecular weight excluding hydrogens is 310 g/mol. The number of benzene rings is 1. The Morgan fingerprint density at radius 3 is 2.52 bits per heavy atom. The summed E-state index contributed by atoms with van der Waals surface area (Å²) in [5.74, 6) is -0.162. The Morgan fingerprint density at radius 2 is 1.96 bits per heavy atom. The number of hydrogen-bond donors (Lipinski definition) is 1. The highest BCUT2D eigenvalue weighted by Crippen LogP contribution is 2.35. The van der Waals surface area contributed by atoms with Gasteiger partial charge in [0.25, 0.3) is 0 Å². The Hall–Kier alpha value is -2.47. The first kappa shape index (κ1) is 15.4. The topological polar surface area (TPSA) is 61.8 Å². The first-order valence-corrected chi connectivity index (χ1v) is 8.21. The van der Waals surface area contributed by atoms with Gasteiger partial charge in [0.1, 0.15) is 0 Å². The number of hydrogen-bond acceptors (Lipinski definition) is 4. The van der Waals surface area contributed by atoms with E-state index >= 15 is 0 Å². The van der Waals surface area contributed by atoms with Crippen LogP contribution in [0.4, 0.5) is 5.69 Å². The second-order valence-corrected chi connectivity index (χ2v) is 6.38. The quantitative estimate of drug-likeness (QED) is 0.939. The second kappa shape index (κ2) is 6.34. The summed E-state index contributed by atoms with van der Waals surface area (Å²) in [6, 6.07) is 11.5. The highest BCUT2D eigenvalue weighted by Gasteiger charge is 2.31. The molecule has 0 spiro atoms. The molecule has 0 radical (unpaired) electrons. The number of nitrogens with zero attached hydrogens (tertiary/aromatic N) is 2. The van der Waals surface area contributed by atoms with Crippen LogP contribution in [0.1, 0.15) is 36.8 Å². The number of amides is 2. The van der Waals surface area contributed by atoms with Crippen LogP contribution in [0.15, 0.2) is 46.9 Å². The van der Waals surface area contributed by atoms with E-state index in [2.05, 4.69) is 10.4 Å². The Labute approximate surface area is 138 Å². The molecule has 2 heterocycles. The van der Waals surface area contributed by atoms with Crippen LogP contribution in [-0.2, 0) is 9.59 Å². The van der Waals surface area contributed by atoms with Gasteiger partial charge in [-0.05, 0) is 29.1 Å². The van der Waals surface area contributed by atoms with Crippen LogP contribution in [0, 0.1) is 0 Å². The Kier molecular flexibility index (Phi) is 4.25. The zero-order valence-electron chi connectivity index (χ0n) is 12.9. The molecule has 0 aliphatic carbocycles. The van der Waals surface area contributed by atoms with Gasteiger partial charge in [0.05, 0.1) is 11.8 Å². The van der Waals surface area contributed by atoms with Gasteiger partial charge in [0, 0.05) is 30.8 Å². The molecule has 118 valence electrons.